The zero-order valence-corrected chi connectivity index (χ0v) is 10.5. The van der Waals surface area contributed by atoms with Gasteiger partial charge in [0.05, 0.1) is 6.61 Å². The molecule has 21 heavy (non-hydrogen) atoms. The van der Waals surface area contributed by atoms with Crippen molar-refractivity contribution < 1.29 is 55.2 Å². The van der Waals surface area contributed by atoms with E-state index in [1.165, 1.54) is 0 Å². The van der Waals surface area contributed by atoms with Gasteiger partial charge in [-0.2, -0.15) is 0 Å². The molecule has 0 heterocycles. The SMILES string of the molecule is O=C(O)/C=C\C(=O)O.O=C(O)[C@H](O)[C@@H](O)[C@H](O)[C@H](O)CO. The molecule has 8 N–H and O–H groups in total. The van der Waals surface area contributed by atoms with Crippen molar-refractivity contribution in [2.45, 2.75) is 24.4 Å². The predicted octanol–water partition coefficient (Wildman–Crippen LogP) is -3.78. The molecule has 0 aliphatic carbocycles. The van der Waals surface area contributed by atoms with Gasteiger partial charge in [-0.1, -0.05) is 0 Å². The number of carboxylic acids is 3. The summed E-state index contributed by atoms with van der Waals surface area (Å²) < 4.78 is 0. The quantitative estimate of drug-likeness (QED) is 0.213. The molecule has 122 valence electrons. The molecule has 0 unspecified atom stereocenters. The monoisotopic (exact) mass is 312 g/mol. The van der Waals surface area contributed by atoms with Crippen LogP contribution in [0, 0.1) is 0 Å². The lowest BCUT2D eigenvalue weighted by molar-refractivity contribution is -0.164. The summed E-state index contributed by atoms with van der Waals surface area (Å²) >= 11 is 0. The Hall–Kier alpha value is -2.05. The van der Waals surface area contributed by atoms with Crippen LogP contribution in [0.2, 0.25) is 0 Å². The van der Waals surface area contributed by atoms with Gasteiger partial charge < -0.3 is 40.9 Å². The molecule has 0 amide bonds. The number of aliphatic carboxylic acids is 3. The summed E-state index contributed by atoms with van der Waals surface area (Å²) in [6.45, 7) is -0.843. The van der Waals surface area contributed by atoms with Crippen LogP contribution in [-0.2, 0) is 14.4 Å². The Morgan fingerprint density at radius 3 is 1.43 bits per heavy atom. The normalized spacial score (nSPS) is 16.2. The summed E-state index contributed by atoms with van der Waals surface area (Å²) in [5.74, 6) is -4.24. The maximum absolute atomic E-state index is 10.1. The number of hydrogen-bond donors (Lipinski definition) is 8. The summed E-state index contributed by atoms with van der Waals surface area (Å²) in [5.41, 5.74) is 0. The minimum absolute atomic E-state index is 0.558. The van der Waals surface area contributed by atoms with E-state index in [0.717, 1.165) is 0 Å². The number of carboxylic acid groups (broad SMARTS) is 3. The van der Waals surface area contributed by atoms with Crippen LogP contribution in [0.3, 0.4) is 0 Å². The largest absolute Gasteiger partial charge is 0.479 e. The topological polar surface area (TPSA) is 213 Å². The summed E-state index contributed by atoms with van der Waals surface area (Å²) in [7, 11) is 0. The molecule has 11 nitrogen and oxygen atoms in total. The molecule has 0 rings (SSSR count). The fourth-order valence-corrected chi connectivity index (χ4v) is 0.811. The van der Waals surface area contributed by atoms with E-state index in [9.17, 15) is 14.4 Å². The van der Waals surface area contributed by atoms with E-state index in [-0.39, 0.29) is 0 Å². The van der Waals surface area contributed by atoms with Crippen molar-refractivity contribution in [2.75, 3.05) is 6.61 Å². The van der Waals surface area contributed by atoms with Crippen LogP contribution in [0.15, 0.2) is 12.2 Å². The van der Waals surface area contributed by atoms with Crippen molar-refractivity contribution >= 4 is 17.9 Å². The van der Waals surface area contributed by atoms with E-state index in [4.69, 9.17) is 40.9 Å². The third-order valence-corrected chi connectivity index (χ3v) is 1.88. The van der Waals surface area contributed by atoms with Crippen LogP contribution in [-0.4, -0.2) is 89.8 Å². The van der Waals surface area contributed by atoms with Gasteiger partial charge in [-0.3, -0.25) is 0 Å². The first-order valence-corrected chi connectivity index (χ1v) is 5.24. The number of carbonyl (C=O) groups is 3. The lowest BCUT2D eigenvalue weighted by atomic mass is 10.0. The highest BCUT2D eigenvalue weighted by Gasteiger charge is 2.33. The van der Waals surface area contributed by atoms with Gasteiger partial charge in [-0.05, 0) is 0 Å². The second kappa shape index (κ2) is 10.7. The van der Waals surface area contributed by atoms with Gasteiger partial charge in [-0.15, -0.1) is 0 Å². The number of rotatable bonds is 7. The molecule has 0 saturated heterocycles. The van der Waals surface area contributed by atoms with E-state index >= 15 is 0 Å². The summed E-state index contributed by atoms with van der Waals surface area (Å²) in [6, 6.07) is 0. The third kappa shape index (κ3) is 10.4. The smallest absolute Gasteiger partial charge is 0.335 e. The van der Waals surface area contributed by atoms with Crippen molar-refractivity contribution in [1.29, 1.82) is 0 Å². The Morgan fingerprint density at radius 1 is 0.810 bits per heavy atom. The first-order chi connectivity index (χ1) is 9.54. The van der Waals surface area contributed by atoms with E-state index in [2.05, 4.69) is 0 Å². The molecular weight excluding hydrogens is 296 g/mol. The average Bonchev–Trinajstić information content (AvgIpc) is 2.42. The molecule has 0 aliphatic heterocycles. The Bertz CT molecular complexity index is 361. The van der Waals surface area contributed by atoms with Gasteiger partial charge >= 0.3 is 17.9 Å². The summed E-state index contributed by atoms with van der Waals surface area (Å²) in [6.07, 6.45) is -6.72. The van der Waals surface area contributed by atoms with Gasteiger partial charge in [0, 0.05) is 12.2 Å². The number of aliphatic hydroxyl groups is 5. The molecule has 0 radical (unpaired) electrons. The summed E-state index contributed by atoms with van der Waals surface area (Å²) in [5, 5.41) is 67.4. The molecule has 0 aromatic carbocycles. The number of aliphatic hydroxyl groups excluding tert-OH is 5. The van der Waals surface area contributed by atoms with Gasteiger partial charge in [0.1, 0.15) is 18.3 Å². The van der Waals surface area contributed by atoms with Crippen LogP contribution in [0.4, 0.5) is 0 Å². The highest BCUT2D eigenvalue weighted by atomic mass is 16.4. The summed E-state index contributed by atoms with van der Waals surface area (Å²) in [4.78, 5) is 29.2. The first kappa shape index (κ1) is 21.3. The molecule has 0 saturated carbocycles. The second-order valence-electron chi connectivity index (χ2n) is 3.52. The Balaban J connectivity index is 0. The molecule has 0 aromatic rings. The fraction of sp³-hybridized carbons (Fsp3) is 0.500. The van der Waals surface area contributed by atoms with Gasteiger partial charge in [-0.25, -0.2) is 14.4 Å². The van der Waals surface area contributed by atoms with E-state index in [1.807, 2.05) is 0 Å². The van der Waals surface area contributed by atoms with Crippen LogP contribution < -0.4 is 0 Å². The van der Waals surface area contributed by atoms with Gasteiger partial charge in [0.15, 0.2) is 6.10 Å². The van der Waals surface area contributed by atoms with Crippen molar-refractivity contribution in [3.63, 3.8) is 0 Å². The van der Waals surface area contributed by atoms with Crippen LogP contribution in [0.5, 0.6) is 0 Å². The van der Waals surface area contributed by atoms with Crippen molar-refractivity contribution in [1.82, 2.24) is 0 Å². The lowest BCUT2D eigenvalue weighted by Crippen LogP contribution is -2.48. The van der Waals surface area contributed by atoms with E-state index in [0.29, 0.717) is 12.2 Å². The Morgan fingerprint density at radius 2 is 1.19 bits per heavy atom. The maximum Gasteiger partial charge on any atom is 0.335 e. The highest BCUT2D eigenvalue weighted by molar-refractivity contribution is 5.89. The predicted molar refractivity (Wildman–Crippen MR) is 63.2 cm³/mol. The molecule has 0 fully saturated rings. The zero-order chi connectivity index (χ0) is 17.2. The molecule has 0 spiro atoms. The second-order valence-corrected chi connectivity index (χ2v) is 3.52. The first-order valence-electron chi connectivity index (χ1n) is 5.24. The van der Waals surface area contributed by atoms with E-state index < -0.39 is 48.9 Å². The minimum Gasteiger partial charge on any atom is -0.479 e. The Labute approximate surface area is 117 Å². The maximum atomic E-state index is 10.1. The molecule has 11 heteroatoms. The average molecular weight is 312 g/mol. The minimum atomic E-state index is -2.20. The van der Waals surface area contributed by atoms with Crippen LogP contribution in [0.25, 0.3) is 0 Å². The van der Waals surface area contributed by atoms with Crippen molar-refractivity contribution in [3.05, 3.63) is 12.2 Å². The Kier molecular flexibility index (Phi) is 10.8. The van der Waals surface area contributed by atoms with Crippen LogP contribution >= 0.6 is 0 Å². The molecular formula is C10H16O11. The lowest BCUT2D eigenvalue weighted by Gasteiger charge is -2.23. The molecule has 0 aromatic heterocycles. The number of hydrogen-bond acceptors (Lipinski definition) is 8. The van der Waals surface area contributed by atoms with E-state index in [1.54, 1.807) is 0 Å². The third-order valence-electron chi connectivity index (χ3n) is 1.88. The van der Waals surface area contributed by atoms with Crippen molar-refractivity contribution in [2.24, 2.45) is 0 Å². The zero-order valence-electron chi connectivity index (χ0n) is 10.5. The molecule has 0 aliphatic rings. The van der Waals surface area contributed by atoms with Crippen LogP contribution in [0.1, 0.15) is 0 Å². The van der Waals surface area contributed by atoms with Gasteiger partial charge in [0.2, 0.25) is 0 Å². The molecule has 4 atom stereocenters. The molecule has 0 bridgehead atoms. The van der Waals surface area contributed by atoms with Gasteiger partial charge in [0.25, 0.3) is 0 Å². The standard InChI is InChI=1S/C6H12O7.C4H4O4/c7-1-2(8)3(9)4(10)5(11)6(12)13;5-3(6)1-2-4(7)8/h2-5,7-11H,1H2,(H,12,13);1-2H,(H,5,6)(H,7,8)/b;2-1-/t2-,3-,4+,5-;/m1./s1. The van der Waals surface area contributed by atoms with Crippen molar-refractivity contribution in [3.8, 4) is 0 Å². The highest BCUT2D eigenvalue weighted by Crippen LogP contribution is 2.04. The fourth-order valence-electron chi connectivity index (χ4n) is 0.811.